The molecule has 82 valence electrons. The fourth-order valence-corrected chi connectivity index (χ4v) is 2.92. The van der Waals surface area contributed by atoms with Crippen LogP contribution in [0, 0.1) is 0 Å². The molecule has 0 radical (unpaired) electrons. The monoisotopic (exact) mass is 223 g/mol. The molecule has 1 atom stereocenters. The average Bonchev–Trinajstić information content (AvgIpc) is 2.75. The molecular weight excluding hydrogens is 206 g/mol. The number of thiophene rings is 1. The van der Waals surface area contributed by atoms with Crippen LogP contribution in [0.25, 0.3) is 5.57 Å². The Morgan fingerprint density at radius 3 is 3.07 bits per heavy atom. The van der Waals surface area contributed by atoms with E-state index in [0.29, 0.717) is 0 Å². The van der Waals surface area contributed by atoms with Crippen molar-refractivity contribution in [2.45, 2.75) is 12.5 Å². The van der Waals surface area contributed by atoms with Crippen molar-refractivity contribution >= 4 is 16.9 Å². The van der Waals surface area contributed by atoms with Crippen LogP contribution in [0.5, 0.6) is 0 Å². The summed E-state index contributed by atoms with van der Waals surface area (Å²) in [5.41, 5.74) is 2.83. The lowest BCUT2D eigenvalue weighted by Crippen LogP contribution is -2.10. The molecule has 0 spiro atoms. The first-order valence-electron chi connectivity index (χ1n) is 5.16. The Bertz CT molecular complexity index is 367. The van der Waals surface area contributed by atoms with Gasteiger partial charge in [-0.15, -0.1) is 11.3 Å². The quantitative estimate of drug-likeness (QED) is 0.781. The second kappa shape index (κ2) is 4.47. The molecule has 3 heteroatoms. The Labute approximate surface area is 95.2 Å². The zero-order chi connectivity index (χ0) is 10.8. The Hall–Kier alpha value is -0.640. The molecule has 1 unspecified atom stereocenters. The summed E-state index contributed by atoms with van der Waals surface area (Å²) in [6, 6.07) is 2.21. The molecule has 1 heterocycles. The maximum atomic E-state index is 5.49. The highest BCUT2D eigenvalue weighted by Crippen LogP contribution is 2.44. The molecule has 0 bridgehead atoms. The van der Waals surface area contributed by atoms with Gasteiger partial charge >= 0.3 is 0 Å². The van der Waals surface area contributed by atoms with Crippen LogP contribution in [-0.2, 0) is 4.74 Å². The molecule has 1 aromatic rings. The van der Waals surface area contributed by atoms with Crippen LogP contribution in [0.15, 0.2) is 17.5 Å². The van der Waals surface area contributed by atoms with Crippen LogP contribution >= 0.6 is 11.3 Å². The first-order chi connectivity index (χ1) is 7.22. The minimum absolute atomic E-state index is 0.286. The Morgan fingerprint density at radius 1 is 1.60 bits per heavy atom. The maximum absolute atomic E-state index is 5.49. The minimum Gasteiger partial charge on any atom is -0.376 e. The van der Waals surface area contributed by atoms with Gasteiger partial charge in [-0.3, -0.25) is 0 Å². The maximum Gasteiger partial charge on any atom is 0.0959 e. The van der Waals surface area contributed by atoms with Crippen LogP contribution in [0.1, 0.15) is 23.0 Å². The summed E-state index contributed by atoms with van der Waals surface area (Å²) in [5, 5.41) is 2.15. The standard InChI is InChI=1S/C12H17NOS/c1-13(2)6-4-9-8-11(14-3)12-10(9)5-7-15-12/h4-5,7,11H,6,8H2,1-3H3/b9-4+. The van der Waals surface area contributed by atoms with Gasteiger partial charge < -0.3 is 9.64 Å². The highest BCUT2D eigenvalue weighted by atomic mass is 32.1. The molecule has 0 aliphatic heterocycles. The predicted octanol–water partition coefficient (Wildman–Crippen LogP) is 2.78. The summed E-state index contributed by atoms with van der Waals surface area (Å²) in [6.45, 7) is 1.00. The minimum atomic E-state index is 0.286. The largest absolute Gasteiger partial charge is 0.376 e. The third-order valence-corrected chi connectivity index (χ3v) is 3.74. The molecule has 0 saturated heterocycles. The zero-order valence-electron chi connectivity index (χ0n) is 9.49. The van der Waals surface area contributed by atoms with E-state index in [9.17, 15) is 0 Å². The van der Waals surface area contributed by atoms with Crippen LogP contribution in [0.4, 0.5) is 0 Å². The van der Waals surface area contributed by atoms with Gasteiger partial charge in [0, 0.05) is 25.0 Å². The third kappa shape index (κ3) is 2.14. The highest BCUT2D eigenvalue weighted by molar-refractivity contribution is 7.10. The number of likely N-dealkylation sites (N-methyl/N-ethyl adjacent to an activating group) is 1. The van der Waals surface area contributed by atoms with E-state index in [-0.39, 0.29) is 6.10 Å². The van der Waals surface area contributed by atoms with Crippen molar-refractivity contribution < 1.29 is 4.74 Å². The van der Waals surface area contributed by atoms with Gasteiger partial charge in [0.25, 0.3) is 0 Å². The van der Waals surface area contributed by atoms with Crippen molar-refractivity contribution in [3.63, 3.8) is 0 Å². The van der Waals surface area contributed by atoms with E-state index in [2.05, 4.69) is 36.5 Å². The van der Waals surface area contributed by atoms with Crippen molar-refractivity contribution in [2.75, 3.05) is 27.7 Å². The van der Waals surface area contributed by atoms with E-state index in [1.54, 1.807) is 18.4 Å². The van der Waals surface area contributed by atoms with Crippen molar-refractivity contribution in [1.82, 2.24) is 4.90 Å². The predicted molar refractivity (Wildman–Crippen MR) is 65.2 cm³/mol. The van der Waals surface area contributed by atoms with Gasteiger partial charge in [0.2, 0.25) is 0 Å². The fourth-order valence-electron chi connectivity index (χ4n) is 1.91. The van der Waals surface area contributed by atoms with E-state index in [1.807, 2.05) is 0 Å². The molecule has 0 aromatic carbocycles. The normalized spacial score (nSPS) is 22.7. The SMILES string of the molecule is COC1C/C(=C\CN(C)C)c2ccsc21. The molecule has 2 rings (SSSR count). The van der Waals surface area contributed by atoms with Gasteiger partial charge in [0.15, 0.2) is 0 Å². The molecule has 0 saturated carbocycles. The van der Waals surface area contributed by atoms with Crippen molar-refractivity contribution in [3.05, 3.63) is 28.0 Å². The summed E-state index contributed by atoms with van der Waals surface area (Å²) in [7, 11) is 5.98. The van der Waals surface area contributed by atoms with Gasteiger partial charge in [0.05, 0.1) is 6.10 Å². The highest BCUT2D eigenvalue weighted by Gasteiger charge is 2.27. The average molecular weight is 223 g/mol. The number of fused-ring (bicyclic) bond motifs is 1. The number of hydrogen-bond donors (Lipinski definition) is 0. The van der Waals surface area contributed by atoms with Gasteiger partial charge in [-0.25, -0.2) is 0 Å². The summed E-state index contributed by atoms with van der Waals surface area (Å²) >= 11 is 1.80. The molecule has 0 fully saturated rings. The second-order valence-electron chi connectivity index (χ2n) is 4.12. The van der Waals surface area contributed by atoms with Gasteiger partial charge in [-0.2, -0.15) is 0 Å². The molecule has 2 nitrogen and oxygen atoms in total. The first-order valence-corrected chi connectivity index (χ1v) is 6.04. The Balaban J connectivity index is 2.21. The summed E-state index contributed by atoms with van der Waals surface area (Å²) in [6.07, 6.45) is 3.63. The van der Waals surface area contributed by atoms with Gasteiger partial charge in [-0.1, -0.05) is 6.08 Å². The number of methoxy groups -OCH3 is 1. The number of rotatable bonds is 3. The van der Waals surface area contributed by atoms with E-state index in [4.69, 9.17) is 4.74 Å². The van der Waals surface area contributed by atoms with Crippen molar-refractivity contribution in [2.24, 2.45) is 0 Å². The van der Waals surface area contributed by atoms with Gasteiger partial charge in [-0.05, 0) is 36.7 Å². The van der Waals surface area contributed by atoms with Crippen LogP contribution in [0.3, 0.4) is 0 Å². The van der Waals surface area contributed by atoms with Crippen LogP contribution in [-0.4, -0.2) is 32.6 Å². The summed E-state index contributed by atoms with van der Waals surface area (Å²) in [4.78, 5) is 3.57. The number of hydrogen-bond acceptors (Lipinski definition) is 3. The first kappa shape index (κ1) is 10.9. The Morgan fingerprint density at radius 2 is 2.40 bits per heavy atom. The van der Waals surface area contributed by atoms with Gasteiger partial charge in [0.1, 0.15) is 0 Å². The zero-order valence-corrected chi connectivity index (χ0v) is 10.3. The number of nitrogens with zero attached hydrogens (tertiary/aromatic N) is 1. The lowest BCUT2D eigenvalue weighted by molar-refractivity contribution is 0.115. The molecule has 0 N–H and O–H groups in total. The van der Waals surface area contributed by atoms with E-state index in [0.717, 1.165) is 13.0 Å². The smallest absolute Gasteiger partial charge is 0.0959 e. The van der Waals surface area contributed by atoms with Crippen molar-refractivity contribution in [3.8, 4) is 0 Å². The molecule has 1 aliphatic rings. The molecule has 0 amide bonds. The lowest BCUT2D eigenvalue weighted by atomic mass is 10.1. The van der Waals surface area contributed by atoms with Crippen LogP contribution < -0.4 is 0 Å². The van der Waals surface area contributed by atoms with Crippen LogP contribution in [0.2, 0.25) is 0 Å². The molecule has 15 heavy (non-hydrogen) atoms. The van der Waals surface area contributed by atoms with E-state index in [1.165, 1.54) is 16.0 Å². The van der Waals surface area contributed by atoms with E-state index < -0.39 is 0 Å². The van der Waals surface area contributed by atoms with Crippen molar-refractivity contribution in [1.29, 1.82) is 0 Å². The topological polar surface area (TPSA) is 12.5 Å². The second-order valence-corrected chi connectivity index (χ2v) is 5.07. The third-order valence-electron chi connectivity index (χ3n) is 2.73. The molecular formula is C12H17NOS. The van der Waals surface area contributed by atoms with E-state index >= 15 is 0 Å². The fraction of sp³-hybridized carbons (Fsp3) is 0.500. The number of ether oxygens (including phenoxy) is 1. The molecule has 1 aliphatic carbocycles. The molecule has 1 aromatic heterocycles. The summed E-state index contributed by atoms with van der Waals surface area (Å²) in [5.74, 6) is 0. The summed E-state index contributed by atoms with van der Waals surface area (Å²) < 4.78 is 5.49. The Kier molecular flexibility index (Phi) is 3.24. The lowest BCUT2D eigenvalue weighted by Gasteiger charge is -2.07.